The lowest BCUT2D eigenvalue weighted by atomic mass is 10.1. The highest BCUT2D eigenvalue weighted by Crippen LogP contribution is 2.14. The zero-order chi connectivity index (χ0) is 14.7. The third kappa shape index (κ3) is 2.92. The van der Waals surface area contributed by atoms with Gasteiger partial charge in [-0.15, -0.1) is 5.10 Å². The molecule has 1 aliphatic heterocycles. The first-order valence-corrected chi connectivity index (χ1v) is 7.02. The summed E-state index contributed by atoms with van der Waals surface area (Å²) in [4.78, 5) is 14.3. The Balaban J connectivity index is 1.73. The van der Waals surface area contributed by atoms with Gasteiger partial charge in [0.15, 0.2) is 0 Å². The Morgan fingerprint density at radius 1 is 1.38 bits per heavy atom. The minimum Gasteiger partial charge on any atom is -0.375 e. The van der Waals surface area contributed by atoms with Gasteiger partial charge in [-0.05, 0) is 41.1 Å². The van der Waals surface area contributed by atoms with Gasteiger partial charge in [0.1, 0.15) is 6.33 Å². The molecule has 1 aliphatic rings. The summed E-state index contributed by atoms with van der Waals surface area (Å²) in [5.74, 6) is 0.0417. The molecule has 1 fully saturated rings. The average Bonchev–Trinajstić information content (AvgIpc) is 3.09. The van der Waals surface area contributed by atoms with E-state index in [-0.39, 0.29) is 12.0 Å². The van der Waals surface area contributed by atoms with Crippen molar-refractivity contribution >= 4 is 5.91 Å². The summed E-state index contributed by atoms with van der Waals surface area (Å²) in [6.07, 6.45) is 2.58. The molecule has 0 spiro atoms. The normalized spacial score (nSPS) is 18.7. The predicted molar refractivity (Wildman–Crippen MR) is 75.1 cm³/mol. The number of ether oxygens (including phenoxy) is 1. The molecule has 0 aliphatic carbocycles. The van der Waals surface area contributed by atoms with Crippen molar-refractivity contribution in [1.82, 2.24) is 25.1 Å². The van der Waals surface area contributed by atoms with Crippen LogP contribution in [-0.2, 0) is 4.74 Å². The van der Waals surface area contributed by atoms with E-state index in [4.69, 9.17) is 4.74 Å². The molecule has 0 N–H and O–H groups in total. The van der Waals surface area contributed by atoms with Crippen molar-refractivity contribution in [2.24, 2.45) is 0 Å². The van der Waals surface area contributed by atoms with Crippen LogP contribution in [-0.4, -0.2) is 56.8 Å². The SMILES string of the molecule is CC[C@@H]1CN(C(=O)c2ccc(-n3cnnn3)cc2)CCO1. The molecule has 21 heavy (non-hydrogen) atoms. The number of hydrogen-bond acceptors (Lipinski definition) is 5. The van der Waals surface area contributed by atoms with Gasteiger partial charge in [-0.25, -0.2) is 4.68 Å². The molecule has 1 saturated heterocycles. The van der Waals surface area contributed by atoms with Crippen LogP contribution in [0.25, 0.3) is 5.69 Å². The lowest BCUT2D eigenvalue weighted by Crippen LogP contribution is -2.45. The number of aromatic nitrogens is 4. The van der Waals surface area contributed by atoms with E-state index in [0.717, 1.165) is 12.1 Å². The van der Waals surface area contributed by atoms with E-state index in [2.05, 4.69) is 22.4 Å². The van der Waals surface area contributed by atoms with Crippen LogP contribution in [0.15, 0.2) is 30.6 Å². The summed E-state index contributed by atoms with van der Waals surface area (Å²) < 4.78 is 7.14. The maximum atomic E-state index is 12.5. The number of rotatable bonds is 3. The molecule has 2 aromatic rings. The van der Waals surface area contributed by atoms with Gasteiger partial charge in [0.25, 0.3) is 5.91 Å². The first-order chi connectivity index (χ1) is 10.3. The van der Waals surface area contributed by atoms with Crippen LogP contribution in [0.1, 0.15) is 23.7 Å². The van der Waals surface area contributed by atoms with Gasteiger partial charge in [-0.1, -0.05) is 6.92 Å². The molecule has 3 rings (SSSR count). The molecule has 0 unspecified atom stereocenters. The molecule has 7 heteroatoms. The summed E-state index contributed by atoms with van der Waals surface area (Å²) >= 11 is 0. The summed E-state index contributed by atoms with van der Waals surface area (Å²) in [5, 5.41) is 11.0. The third-order valence-corrected chi connectivity index (χ3v) is 3.61. The first-order valence-electron chi connectivity index (χ1n) is 7.02. The van der Waals surface area contributed by atoms with Crippen molar-refractivity contribution in [3.05, 3.63) is 36.2 Å². The summed E-state index contributed by atoms with van der Waals surface area (Å²) in [5.41, 5.74) is 1.49. The fraction of sp³-hybridized carbons (Fsp3) is 0.429. The Morgan fingerprint density at radius 2 is 2.19 bits per heavy atom. The number of benzene rings is 1. The Morgan fingerprint density at radius 3 is 2.86 bits per heavy atom. The number of amides is 1. The fourth-order valence-electron chi connectivity index (χ4n) is 2.37. The molecule has 2 heterocycles. The van der Waals surface area contributed by atoms with E-state index in [0.29, 0.717) is 25.3 Å². The van der Waals surface area contributed by atoms with Crippen LogP contribution in [0.3, 0.4) is 0 Å². The van der Waals surface area contributed by atoms with Crippen LogP contribution in [0.2, 0.25) is 0 Å². The standard InChI is InChI=1S/C14H17N5O2/c1-2-13-9-18(7-8-21-13)14(20)11-3-5-12(6-4-11)19-10-15-16-17-19/h3-6,10,13H,2,7-9H2,1H3/t13-/m1/s1. The molecular formula is C14H17N5O2. The van der Waals surface area contributed by atoms with Crippen molar-refractivity contribution in [2.45, 2.75) is 19.4 Å². The molecular weight excluding hydrogens is 270 g/mol. The molecule has 1 aromatic carbocycles. The number of carbonyl (C=O) groups is 1. The smallest absolute Gasteiger partial charge is 0.254 e. The van der Waals surface area contributed by atoms with Gasteiger partial charge in [0.2, 0.25) is 0 Å². The van der Waals surface area contributed by atoms with Crippen molar-refractivity contribution in [2.75, 3.05) is 19.7 Å². The van der Waals surface area contributed by atoms with Crippen molar-refractivity contribution < 1.29 is 9.53 Å². The molecule has 0 saturated carbocycles. The predicted octanol–water partition coefficient (Wildman–Crippen LogP) is 0.913. The largest absolute Gasteiger partial charge is 0.375 e. The van der Waals surface area contributed by atoms with E-state index in [1.807, 2.05) is 17.0 Å². The average molecular weight is 287 g/mol. The van der Waals surface area contributed by atoms with Gasteiger partial charge in [0, 0.05) is 18.7 Å². The lowest BCUT2D eigenvalue weighted by Gasteiger charge is -2.32. The topological polar surface area (TPSA) is 73.1 Å². The molecule has 1 aromatic heterocycles. The van der Waals surface area contributed by atoms with Gasteiger partial charge in [0.05, 0.1) is 18.4 Å². The van der Waals surface area contributed by atoms with Crippen LogP contribution < -0.4 is 0 Å². The second-order valence-corrected chi connectivity index (χ2v) is 4.95. The van der Waals surface area contributed by atoms with Crippen LogP contribution in [0, 0.1) is 0 Å². The van der Waals surface area contributed by atoms with Gasteiger partial charge in [-0.3, -0.25) is 4.79 Å². The van der Waals surface area contributed by atoms with E-state index in [9.17, 15) is 4.79 Å². The molecule has 0 bridgehead atoms. The highest BCUT2D eigenvalue weighted by Gasteiger charge is 2.23. The van der Waals surface area contributed by atoms with Gasteiger partial charge >= 0.3 is 0 Å². The Labute approximate surface area is 122 Å². The van der Waals surface area contributed by atoms with Crippen LogP contribution in [0.5, 0.6) is 0 Å². The Kier molecular flexibility index (Phi) is 3.92. The number of hydrogen-bond donors (Lipinski definition) is 0. The summed E-state index contributed by atoms with van der Waals surface area (Å²) in [6.45, 7) is 3.97. The summed E-state index contributed by atoms with van der Waals surface area (Å²) in [7, 11) is 0. The highest BCUT2D eigenvalue weighted by molar-refractivity contribution is 5.94. The number of tetrazole rings is 1. The maximum absolute atomic E-state index is 12.5. The molecule has 110 valence electrons. The second-order valence-electron chi connectivity index (χ2n) is 4.95. The maximum Gasteiger partial charge on any atom is 0.254 e. The minimum absolute atomic E-state index is 0.0417. The lowest BCUT2D eigenvalue weighted by molar-refractivity contribution is -0.0226. The number of carbonyl (C=O) groups excluding carboxylic acids is 1. The van der Waals surface area contributed by atoms with Gasteiger partial charge in [-0.2, -0.15) is 0 Å². The van der Waals surface area contributed by atoms with Crippen LogP contribution in [0.4, 0.5) is 0 Å². The molecule has 1 atom stereocenters. The van der Waals surface area contributed by atoms with Gasteiger partial charge < -0.3 is 9.64 Å². The van der Waals surface area contributed by atoms with Crippen molar-refractivity contribution in [3.63, 3.8) is 0 Å². The first kappa shape index (κ1) is 13.7. The monoisotopic (exact) mass is 287 g/mol. The van der Waals surface area contributed by atoms with E-state index in [1.165, 1.54) is 6.33 Å². The zero-order valence-corrected chi connectivity index (χ0v) is 11.8. The summed E-state index contributed by atoms with van der Waals surface area (Å²) in [6, 6.07) is 7.27. The van der Waals surface area contributed by atoms with E-state index in [1.54, 1.807) is 16.8 Å². The Bertz CT molecular complexity index is 596. The minimum atomic E-state index is 0.0417. The second kappa shape index (κ2) is 6.01. The fourth-order valence-corrected chi connectivity index (χ4v) is 2.37. The number of morpholine rings is 1. The third-order valence-electron chi connectivity index (χ3n) is 3.61. The number of nitrogens with zero attached hydrogens (tertiary/aromatic N) is 5. The van der Waals surface area contributed by atoms with Crippen molar-refractivity contribution in [1.29, 1.82) is 0 Å². The van der Waals surface area contributed by atoms with Crippen LogP contribution >= 0.6 is 0 Å². The quantitative estimate of drug-likeness (QED) is 0.839. The molecule has 7 nitrogen and oxygen atoms in total. The Hall–Kier alpha value is -2.28. The van der Waals surface area contributed by atoms with E-state index < -0.39 is 0 Å². The van der Waals surface area contributed by atoms with Crippen molar-refractivity contribution in [3.8, 4) is 5.69 Å². The zero-order valence-electron chi connectivity index (χ0n) is 11.8. The molecule has 1 amide bonds. The highest BCUT2D eigenvalue weighted by atomic mass is 16.5. The van der Waals surface area contributed by atoms with E-state index >= 15 is 0 Å². The molecule has 0 radical (unpaired) electrons.